The topological polar surface area (TPSA) is 33.5 Å². The Bertz CT molecular complexity index is 550. The molecule has 2 saturated heterocycles. The maximum atomic E-state index is 8.92. The van der Waals surface area contributed by atoms with Gasteiger partial charge in [-0.1, -0.05) is 0 Å². The van der Waals surface area contributed by atoms with E-state index in [1.54, 1.807) is 0 Å². The van der Waals surface area contributed by atoms with Crippen LogP contribution >= 0.6 is 0 Å². The molecule has 0 atom stereocenters. The molecular formula is C19H28N4. The first kappa shape index (κ1) is 16.3. The van der Waals surface area contributed by atoms with Gasteiger partial charge in [0.2, 0.25) is 0 Å². The maximum Gasteiger partial charge on any atom is 0.0991 e. The van der Waals surface area contributed by atoms with E-state index in [1.165, 1.54) is 44.5 Å². The molecule has 2 aliphatic rings. The Hall–Kier alpha value is -1.57. The molecule has 0 aliphatic carbocycles. The molecule has 4 nitrogen and oxygen atoms in total. The minimum absolute atomic E-state index is 0.444. The third-order valence-electron chi connectivity index (χ3n) is 5.61. The van der Waals surface area contributed by atoms with Crippen LogP contribution < -0.4 is 4.90 Å². The highest BCUT2D eigenvalue weighted by Crippen LogP contribution is 2.39. The molecule has 0 N–H and O–H groups in total. The van der Waals surface area contributed by atoms with Crippen LogP contribution in [0.2, 0.25) is 0 Å². The van der Waals surface area contributed by atoms with Gasteiger partial charge in [-0.3, -0.25) is 4.90 Å². The number of rotatable bonds is 4. The molecule has 2 aliphatic heterocycles. The van der Waals surface area contributed by atoms with Gasteiger partial charge in [-0.25, -0.2) is 0 Å². The summed E-state index contributed by atoms with van der Waals surface area (Å²) in [6.45, 7) is 5.88. The minimum atomic E-state index is 0.444. The summed E-state index contributed by atoms with van der Waals surface area (Å²) < 4.78 is 0. The number of likely N-dealkylation sites (tertiary alicyclic amines) is 1. The fraction of sp³-hybridized carbons (Fsp3) is 0.632. The Morgan fingerprint density at radius 3 is 2.39 bits per heavy atom. The molecule has 2 heterocycles. The normalized spacial score (nSPS) is 21.0. The zero-order valence-electron chi connectivity index (χ0n) is 14.5. The van der Waals surface area contributed by atoms with Gasteiger partial charge in [0, 0.05) is 37.4 Å². The van der Waals surface area contributed by atoms with Crippen molar-refractivity contribution in [2.45, 2.75) is 31.2 Å². The Kier molecular flexibility index (Phi) is 4.89. The predicted molar refractivity (Wildman–Crippen MR) is 94.7 cm³/mol. The number of hydrogen-bond acceptors (Lipinski definition) is 4. The van der Waals surface area contributed by atoms with Crippen LogP contribution in [0, 0.1) is 11.3 Å². The third kappa shape index (κ3) is 3.52. The molecule has 0 radical (unpaired) electrons. The van der Waals surface area contributed by atoms with Crippen LogP contribution in [0.15, 0.2) is 24.3 Å². The van der Waals surface area contributed by atoms with E-state index < -0.39 is 0 Å². The van der Waals surface area contributed by atoms with Crippen molar-refractivity contribution >= 4 is 5.69 Å². The lowest BCUT2D eigenvalue weighted by Gasteiger charge is -2.46. The van der Waals surface area contributed by atoms with E-state index in [9.17, 15) is 0 Å². The SMILES string of the molecule is CN(C)CCN1CCCC12CCN(c1ccc(C#N)cc1)CC2. The molecule has 0 amide bonds. The number of hydrogen-bond donors (Lipinski definition) is 0. The van der Waals surface area contributed by atoms with E-state index in [4.69, 9.17) is 5.26 Å². The van der Waals surface area contributed by atoms with E-state index >= 15 is 0 Å². The zero-order valence-corrected chi connectivity index (χ0v) is 14.5. The molecule has 0 bridgehead atoms. The Morgan fingerprint density at radius 2 is 1.78 bits per heavy atom. The van der Waals surface area contributed by atoms with E-state index in [1.807, 2.05) is 12.1 Å². The largest absolute Gasteiger partial charge is 0.371 e. The van der Waals surface area contributed by atoms with E-state index in [-0.39, 0.29) is 0 Å². The fourth-order valence-electron chi connectivity index (χ4n) is 4.16. The van der Waals surface area contributed by atoms with Crippen LogP contribution in [-0.2, 0) is 0 Å². The molecule has 1 aromatic carbocycles. The average Bonchev–Trinajstić information content (AvgIpc) is 2.96. The number of likely N-dealkylation sites (N-methyl/N-ethyl adjacent to an activating group) is 1. The highest BCUT2D eigenvalue weighted by Gasteiger charge is 2.42. The van der Waals surface area contributed by atoms with Gasteiger partial charge in [-0.15, -0.1) is 0 Å². The van der Waals surface area contributed by atoms with Crippen LogP contribution in [0.4, 0.5) is 5.69 Å². The van der Waals surface area contributed by atoms with Crippen molar-refractivity contribution < 1.29 is 0 Å². The molecule has 23 heavy (non-hydrogen) atoms. The summed E-state index contributed by atoms with van der Waals surface area (Å²) in [5.41, 5.74) is 2.45. The maximum absolute atomic E-state index is 8.92. The van der Waals surface area contributed by atoms with Crippen LogP contribution in [0.1, 0.15) is 31.2 Å². The first-order chi connectivity index (χ1) is 11.1. The monoisotopic (exact) mass is 312 g/mol. The number of piperidine rings is 1. The molecule has 1 spiro atoms. The van der Waals surface area contributed by atoms with Gasteiger partial charge in [0.1, 0.15) is 0 Å². The van der Waals surface area contributed by atoms with Crippen molar-refractivity contribution in [1.29, 1.82) is 5.26 Å². The number of benzene rings is 1. The average molecular weight is 312 g/mol. The summed E-state index contributed by atoms with van der Waals surface area (Å²) in [4.78, 5) is 7.52. The van der Waals surface area contributed by atoms with Crippen molar-refractivity contribution in [2.24, 2.45) is 0 Å². The number of nitriles is 1. The summed E-state index contributed by atoms with van der Waals surface area (Å²) in [5, 5.41) is 8.92. The number of anilines is 1. The van der Waals surface area contributed by atoms with Crippen molar-refractivity contribution in [3.8, 4) is 6.07 Å². The van der Waals surface area contributed by atoms with Gasteiger partial charge < -0.3 is 9.80 Å². The summed E-state index contributed by atoms with van der Waals surface area (Å²) in [6.07, 6.45) is 5.24. The van der Waals surface area contributed by atoms with Gasteiger partial charge in [-0.05, 0) is 70.6 Å². The zero-order chi connectivity index (χ0) is 16.3. The molecule has 3 rings (SSSR count). The summed E-state index contributed by atoms with van der Waals surface area (Å²) in [7, 11) is 4.33. The second-order valence-electron chi connectivity index (χ2n) is 7.26. The Morgan fingerprint density at radius 1 is 1.09 bits per heavy atom. The van der Waals surface area contributed by atoms with Crippen LogP contribution in [0.25, 0.3) is 0 Å². The molecule has 0 aromatic heterocycles. The first-order valence-electron chi connectivity index (χ1n) is 8.78. The highest BCUT2D eigenvalue weighted by atomic mass is 15.3. The van der Waals surface area contributed by atoms with Crippen molar-refractivity contribution in [1.82, 2.24) is 9.80 Å². The fourth-order valence-corrected chi connectivity index (χ4v) is 4.16. The molecule has 1 aromatic rings. The molecule has 2 fully saturated rings. The van der Waals surface area contributed by atoms with Crippen LogP contribution in [0.3, 0.4) is 0 Å². The van der Waals surface area contributed by atoms with Crippen molar-refractivity contribution in [3.63, 3.8) is 0 Å². The minimum Gasteiger partial charge on any atom is -0.371 e. The lowest BCUT2D eigenvalue weighted by molar-refractivity contribution is 0.0993. The lowest BCUT2D eigenvalue weighted by atomic mass is 9.84. The molecular weight excluding hydrogens is 284 g/mol. The second kappa shape index (κ2) is 6.90. The molecule has 0 saturated carbocycles. The summed E-state index contributed by atoms with van der Waals surface area (Å²) >= 11 is 0. The van der Waals surface area contributed by atoms with Crippen LogP contribution in [-0.4, -0.2) is 62.2 Å². The Labute approximate surface area is 140 Å². The van der Waals surface area contributed by atoms with Crippen molar-refractivity contribution in [2.75, 3.05) is 51.7 Å². The van der Waals surface area contributed by atoms with Gasteiger partial charge in [0.25, 0.3) is 0 Å². The second-order valence-corrected chi connectivity index (χ2v) is 7.26. The predicted octanol–water partition coefficient (Wildman–Crippen LogP) is 2.55. The van der Waals surface area contributed by atoms with Gasteiger partial charge in [-0.2, -0.15) is 5.26 Å². The highest BCUT2D eigenvalue weighted by molar-refractivity contribution is 5.50. The van der Waals surface area contributed by atoms with E-state index in [0.29, 0.717) is 5.54 Å². The standard InChI is InChI=1S/C19H28N4/c1-21(2)14-15-23-11-3-8-19(23)9-12-22(13-10-19)18-6-4-17(16-20)5-7-18/h4-7H,3,8-15H2,1-2H3. The van der Waals surface area contributed by atoms with Crippen molar-refractivity contribution in [3.05, 3.63) is 29.8 Å². The smallest absolute Gasteiger partial charge is 0.0991 e. The molecule has 4 heteroatoms. The van der Waals surface area contributed by atoms with E-state index in [2.05, 4.69) is 47.0 Å². The first-order valence-corrected chi connectivity index (χ1v) is 8.78. The summed E-state index contributed by atoms with van der Waals surface area (Å²) in [5.74, 6) is 0. The van der Waals surface area contributed by atoms with E-state index in [0.717, 1.165) is 25.2 Å². The molecule has 124 valence electrons. The van der Waals surface area contributed by atoms with Crippen LogP contribution in [0.5, 0.6) is 0 Å². The van der Waals surface area contributed by atoms with Gasteiger partial charge in [0.15, 0.2) is 0 Å². The Balaban J connectivity index is 1.61. The quantitative estimate of drug-likeness (QED) is 0.855. The van der Waals surface area contributed by atoms with Gasteiger partial charge in [0.05, 0.1) is 11.6 Å². The number of nitrogens with zero attached hydrogens (tertiary/aromatic N) is 4. The lowest BCUT2D eigenvalue weighted by Crippen LogP contribution is -2.53. The summed E-state index contributed by atoms with van der Waals surface area (Å²) in [6, 6.07) is 10.2. The third-order valence-corrected chi connectivity index (χ3v) is 5.61. The van der Waals surface area contributed by atoms with Gasteiger partial charge >= 0.3 is 0 Å². The molecule has 0 unspecified atom stereocenters.